The second-order valence-electron chi connectivity index (χ2n) is 4.45. The van der Waals surface area contributed by atoms with E-state index in [2.05, 4.69) is 10.3 Å². The second-order valence-corrected chi connectivity index (χ2v) is 6.34. The Morgan fingerprint density at radius 3 is 3.00 bits per heavy atom. The number of hydrogen-bond donors (Lipinski definition) is 1. The number of nitrogens with one attached hydrogen (secondary N) is 1. The molecule has 1 fully saturated rings. The SMILES string of the molecule is CCC1CCCN1S(=O)(=O)c1ccnc(NC)c1. The first-order valence-electron chi connectivity index (χ1n) is 6.25. The molecule has 1 atom stereocenters. The van der Waals surface area contributed by atoms with Crippen LogP contribution in [0.3, 0.4) is 0 Å². The van der Waals surface area contributed by atoms with Crippen LogP contribution in [0.25, 0.3) is 0 Å². The predicted octanol–water partition coefficient (Wildman–Crippen LogP) is 1.69. The number of pyridine rings is 1. The van der Waals surface area contributed by atoms with Crippen molar-refractivity contribution < 1.29 is 8.42 Å². The molecule has 0 spiro atoms. The number of aromatic nitrogens is 1. The van der Waals surface area contributed by atoms with E-state index in [0.29, 0.717) is 17.3 Å². The summed E-state index contributed by atoms with van der Waals surface area (Å²) in [6, 6.07) is 3.28. The maximum atomic E-state index is 12.5. The van der Waals surface area contributed by atoms with Crippen LogP contribution in [0.15, 0.2) is 23.2 Å². The fraction of sp³-hybridized carbons (Fsp3) is 0.583. The van der Waals surface area contributed by atoms with Crippen molar-refractivity contribution in [3.05, 3.63) is 18.3 Å². The highest BCUT2D eigenvalue weighted by molar-refractivity contribution is 7.89. The van der Waals surface area contributed by atoms with Gasteiger partial charge in [-0.3, -0.25) is 0 Å². The predicted molar refractivity (Wildman–Crippen MR) is 71.0 cm³/mol. The van der Waals surface area contributed by atoms with Crippen LogP contribution in [0.4, 0.5) is 5.82 Å². The molecular weight excluding hydrogens is 250 g/mol. The van der Waals surface area contributed by atoms with Crippen LogP contribution in [-0.4, -0.2) is 37.3 Å². The van der Waals surface area contributed by atoms with Crippen molar-refractivity contribution in [2.45, 2.75) is 37.1 Å². The average molecular weight is 269 g/mol. The van der Waals surface area contributed by atoms with Crippen LogP contribution < -0.4 is 5.32 Å². The minimum atomic E-state index is -3.38. The first-order chi connectivity index (χ1) is 8.59. The van der Waals surface area contributed by atoms with E-state index in [1.807, 2.05) is 6.92 Å². The van der Waals surface area contributed by atoms with Crippen molar-refractivity contribution in [3.8, 4) is 0 Å². The van der Waals surface area contributed by atoms with Gasteiger partial charge >= 0.3 is 0 Å². The Hall–Kier alpha value is -1.14. The summed E-state index contributed by atoms with van der Waals surface area (Å²) < 4.78 is 26.7. The van der Waals surface area contributed by atoms with Gasteiger partial charge in [0, 0.05) is 31.9 Å². The maximum absolute atomic E-state index is 12.5. The third-order valence-corrected chi connectivity index (χ3v) is 5.34. The van der Waals surface area contributed by atoms with E-state index >= 15 is 0 Å². The van der Waals surface area contributed by atoms with Gasteiger partial charge in [0.15, 0.2) is 0 Å². The smallest absolute Gasteiger partial charge is 0.243 e. The first kappa shape index (κ1) is 13.3. The molecule has 1 aliphatic heterocycles. The van der Waals surface area contributed by atoms with E-state index in [1.54, 1.807) is 23.5 Å². The van der Waals surface area contributed by atoms with E-state index in [-0.39, 0.29) is 6.04 Å². The molecule has 0 aromatic carbocycles. The number of rotatable bonds is 4. The third kappa shape index (κ3) is 2.35. The normalized spacial score (nSPS) is 21.1. The van der Waals surface area contributed by atoms with Gasteiger partial charge in [0.1, 0.15) is 5.82 Å². The Morgan fingerprint density at radius 2 is 2.33 bits per heavy atom. The molecule has 2 heterocycles. The molecule has 1 aliphatic rings. The van der Waals surface area contributed by atoms with E-state index in [1.165, 1.54) is 6.20 Å². The van der Waals surface area contributed by atoms with Gasteiger partial charge in [-0.05, 0) is 25.3 Å². The van der Waals surface area contributed by atoms with Crippen molar-refractivity contribution in [1.29, 1.82) is 0 Å². The van der Waals surface area contributed by atoms with Gasteiger partial charge in [0.25, 0.3) is 0 Å². The molecule has 1 unspecified atom stereocenters. The van der Waals surface area contributed by atoms with E-state index in [0.717, 1.165) is 19.3 Å². The Labute approximate surface area is 108 Å². The van der Waals surface area contributed by atoms with E-state index in [9.17, 15) is 8.42 Å². The highest BCUT2D eigenvalue weighted by atomic mass is 32.2. The maximum Gasteiger partial charge on any atom is 0.243 e. The molecule has 0 aliphatic carbocycles. The summed E-state index contributed by atoms with van der Waals surface area (Å²) in [4.78, 5) is 4.36. The Bertz CT molecular complexity index is 516. The van der Waals surface area contributed by atoms with Crippen LogP contribution in [-0.2, 0) is 10.0 Å². The summed E-state index contributed by atoms with van der Waals surface area (Å²) >= 11 is 0. The quantitative estimate of drug-likeness (QED) is 0.903. The van der Waals surface area contributed by atoms with Crippen molar-refractivity contribution in [3.63, 3.8) is 0 Å². The number of hydrogen-bond acceptors (Lipinski definition) is 4. The van der Waals surface area contributed by atoms with Crippen molar-refractivity contribution in [2.75, 3.05) is 18.9 Å². The lowest BCUT2D eigenvalue weighted by Crippen LogP contribution is -2.35. The molecule has 1 aromatic heterocycles. The summed E-state index contributed by atoms with van der Waals surface area (Å²) in [6.45, 7) is 2.65. The number of nitrogens with zero attached hydrogens (tertiary/aromatic N) is 2. The summed E-state index contributed by atoms with van der Waals surface area (Å²) in [5.41, 5.74) is 0. The van der Waals surface area contributed by atoms with Crippen LogP contribution in [0, 0.1) is 0 Å². The van der Waals surface area contributed by atoms with E-state index in [4.69, 9.17) is 0 Å². The Morgan fingerprint density at radius 1 is 1.56 bits per heavy atom. The van der Waals surface area contributed by atoms with Crippen LogP contribution in [0.1, 0.15) is 26.2 Å². The fourth-order valence-electron chi connectivity index (χ4n) is 2.38. The van der Waals surface area contributed by atoms with Crippen molar-refractivity contribution in [2.24, 2.45) is 0 Å². The van der Waals surface area contributed by atoms with Gasteiger partial charge in [0.2, 0.25) is 10.0 Å². The van der Waals surface area contributed by atoms with Crippen molar-refractivity contribution in [1.82, 2.24) is 9.29 Å². The third-order valence-electron chi connectivity index (χ3n) is 3.39. The van der Waals surface area contributed by atoms with Crippen LogP contribution in [0.5, 0.6) is 0 Å². The van der Waals surface area contributed by atoms with Gasteiger partial charge in [-0.2, -0.15) is 4.31 Å². The van der Waals surface area contributed by atoms with Crippen molar-refractivity contribution >= 4 is 15.8 Å². The molecule has 100 valence electrons. The molecule has 2 rings (SSSR count). The zero-order chi connectivity index (χ0) is 13.2. The summed E-state index contributed by atoms with van der Waals surface area (Å²) in [5.74, 6) is 0.573. The standard InChI is InChI=1S/C12H19N3O2S/c1-3-10-5-4-8-15(10)18(16,17)11-6-7-14-12(9-11)13-2/h6-7,9-10H,3-5,8H2,1-2H3,(H,13,14). The average Bonchev–Trinajstić information content (AvgIpc) is 2.88. The zero-order valence-electron chi connectivity index (χ0n) is 10.8. The molecule has 6 heteroatoms. The lowest BCUT2D eigenvalue weighted by atomic mass is 10.2. The Kier molecular flexibility index (Phi) is 3.87. The summed E-state index contributed by atoms with van der Waals surface area (Å²) in [5, 5.41) is 2.86. The summed E-state index contributed by atoms with van der Waals surface area (Å²) in [6.07, 6.45) is 4.29. The molecule has 18 heavy (non-hydrogen) atoms. The molecule has 5 nitrogen and oxygen atoms in total. The Balaban J connectivity index is 2.35. The molecule has 1 N–H and O–H groups in total. The lowest BCUT2D eigenvalue weighted by Gasteiger charge is -2.23. The van der Waals surface area contributed by atoms with Crippen LogP contribution >= 0.6 is 0 Å². The largest absolute Gasteiger partial charge is 0.373 e. The highest BCUT2D eigenvalue weighted by Gasteiger charge is 2.34. The van der Waals surface area contributed by atoms with Gasteiger partial charge < -0.3 is 5.32 Å². The molecule has 0 bridgehead atoms. The van der Waals surface area contributed by atoms with E-state index < -0.39 is 10.0 Å². The van der Waals surface area contributed by atoms with Gasteiger partial charge in [-0.15, -0.1) is 0 Å². The fourth-order valence-corrected chi connectivity index (χ4v) is 4.16. The summed E-state index contributed by atoms with van der Waals surface area (Å²) in [7, 11) is -1.65. The highest BCUT2D eigenvalue weighted by Crippen LogP contribution is 2.28. The molecule has 1 saturated heterocycles. The molecule has 0 radical (unpaired) electrons. The first-order valence-corrected chi connectivity index (χ1v) is 7.69. The number of sulfonamides is 1. The van der Waals surface area contributed by atoms with Gasteiger partial charge in [0.05, 0.1) is 4.90 Å². The molecule has 0 amide bonds. The van der Waals surface area contributed by atoms with Gasteiger partial charge in [-0.25, -0.2) is 13.4 Å². The monoisotopic (exact) mass is 269 g/mol. The zero-order valence-corrected chi connectivity index (χ0v) is 11.6. The minimum absolute atomic E-state index is 0.140. The molecular formula is C12H19N3O2S. The minimum Gasteiger partial charge on any atom is -0.373 e. The lowest BCUT2D eigenvalue weighted by molar-refractivity contribution is 0.379. The second kappa shape index (κ2) is 5.24. The molecule has 1 aromatic rings. The van der Waals surface area contributed by atoms with Gasteiger partial charge in [-0.1, -0.05) is 6.92 Å². The number of anilines is 1. The molecule has 0 saturated carbocycles. The van der Waals surface area contributed by atoms with Crippen LogP contribution in [0.2, 0.25) is 0 Å². The topological polar surface area (TPSA) is 62.3 Å².